The molecule has 2 aromatic carbocycles. The molecule has 0 fully saturated rings. The molecule has 0 saturated carbocycles. The molecule has 0 unspecified atom stereocenters. The highest BCUT2D eigenvalue weighted by molar-refractivity contribution is 6.30. The zero-order chi connectivity index (χ0) is 15.9. The summed E-state index contributed by atoms with van der Waals surface area (Å²) in [6, 6.07) is 14.6. The third-order valence-electron chi connectivity index (χ3n) is 2.69. The monoisotopic (exact) mass is 314 g/mol. The van der Waals surface area contributed by atoms with Gasteiger partial charge in [-0.25, -0.2) is 4.79 Å². The van der Waals surface area contributed by atoms with Crippen molar-refractivity contribution in [3.63, 3.8) is 0 Å². The van der Waals surface area contributed by atoms with E-state index in [0.717, 1.165) is 0 Å². The molecule has 2 aromatic rings. The summed E-state index contributed by atoms with van der Waals surface area (Å²) in [6.07, 6.45) is 0. The Hall–Kier alpha value is -2.84. The van der Waals surface area contributed by atoms with Crippen LogP contribution >= 0.6 is 11.6 Å². The van der Waals surface area contributed by atoms with Gasteiger partial charge in [0.05, 0.1) is 17.2 Å². The van der Waals surface area contributed by atoms with Crippen LogP contribution in [0.5, 0.6) is 0 Å². The van der Waals surface area contributed by atoms with E-state index in [1.54, 1.807) is 42.5 Å². The zero-order valence-corrected chi connectivity index (χ0v) is 12.1. The van der Waals surface area contributed by atoms with E-state index in [0.29, 0.717) is 16.3 Å². The molecule has 5 nitrogen and oxygen atoms in total. The van der Waals surface area contributed by atoms with Crippen molar-refractivity contribution < 1.29 is 14.3 Å². The number of carbonyl (C=O) groups excluding carboxylic acids is 2. The summed E-state index contributed by atoms with van der Waals surface area (Å²) in [5.74, 6) is -1.10. The second-order valence-corrected chi connectivity index (χ2v) is 4.76. The van der Waals surface area contributed by atoms with Crippen LogP contribution in [0, 0.1) is 11.3 Å². The van der Waals surface area contributed by atoms with Crippen molar-refractivity contribution in [2.75, 3.05) is 11.9 Å². The number of ether oxygens (including phenoxy) is 1. The molecule has 0 heterocycles. The number of nitrogens with one attached hydrogen (secondary N) is 1. The van der Waals surface area contributed by atoms with E-state index in [1.165, 1.54) is 6.07 Å². The first kappa shape index (κ1) is 15.5. The van der Waals surface area contributed by atoms with E-state index in [2.05, 4.69) is 5.32 Å². The Morgan fingerprint density at radius 2 is 1.91 bits per heavy atom. The molecule has 6 heteroatoms. The molecular weight excluding hydrogens is 304 g/mol. The number of benzene rings is 2. The highest BCUT2D eigenvalue weighted by Crippen LogP contribution is 2.12. The molecule has 1 amide bonds. The number of carbonyl (C=O) groups is 2. The maximum atomic E-state index is 11.7. The van der Waals surface area contributed by atoms with E-state index in [9.17, 15) is 9.59 Å². The van der Waals surface area contributed by atoms with Crippen molar-refractivity contribution >= 4 is 29.2 Å². The van der Waals surface area contributed by atoms with Crippen LogP contribution in [-0.4, -0.2) is 18.5 Å². The van der Waals surface area contributed by atoms with Gasteiger partial charge in [-0.15, -0.1) is 0 Å². The largest absolute Gasteiger partial charge is 0.452 e. The zero-order valence-electron chi connectivity index (χ0n) is 11.4. The lowest BCUT2D eigenvalue weighted by atomic mass is 10.2. The molecule has 0 saturated heterocycles. The fraction of sp³-hybridized carbons (Fsp3) is 0.0625. The smallest absolute Gasteiger partial charge is 0.338 e. The van der Waals surface area contributed by atoms with Crippen LogP contribution in [0.2, 0.25) is 5.02 Å². The van der Waals surface area contributed by atoms with E-state index >= 15 is 0 Å². The fourth-order valence-electron chi connectivity index (χ4n) is 1.66. The van der Waals surface area contributed by atoms with Gasteiger partial charge in [0.15, 0.2) is 6.61 Å². The van der Waals surface area contributed by atoms with Gasteiger partial charge < -0.3 is 10.1 Å². The van der Waals surface area contributed by atoms with Crippen LogP contribution in [0.15, 0.2) is 48.5 Å². The lowest BCUT2D eigenvalue weighted by molar-refractivity contribution is -0.119. The van der Waals surface area contributed by atoms with Crippen molar-refractivity contribution in [3.8, 4) is 6.07 Å². The minimum absolute atomic E-state index is 0.277. The summed E-state index contributed by atoms with van der Waals surface area (Å²) in [7, 11) is 0. The molecule has 0 radical (unpaired) electrons. The number of nitrogens with zero attached hydrogens (tertiary/aromatic N) is 1. The van der Waals surface area contributed by atoms with Gasteiger partial charge in [-0.05, 0) is 42.5 Å². The van der Waals surface area contributed by atoms with Crippen LogP contribution in [0.1, 0.15) is 15.9 Å². The summed E-state index contributed by atoms with van der Waals surface area (Å²) < 4.78 is 4.90. The second kappa shape index (κ2) is 7.25. The molecule has 0 atom stereocenters. The van der Waals surface area contributed by atoms with Crippen LogP contribution in [0.4, 0.5) is 5.69 Å². The predicted molar refractivity (Wildman–Crippen MR) is 81.5 cm³/mol. The van der Waals surface area contributed by atoms with Crippen LogP contribution in [0.25, 0.3) is 0 Å². The standard InChI is InChI=1S/C16H11ClN2O3/c17-13-3-1-2-12(8-13)16(21)22-10-15(20)19-14-6-4-11(9-18)5-7-14/h1-8H,10H2,(H,19,20). The average Bonchev–Trinajstić information content (AvgIpc) is 2.53. The summed E-state index contributed by atoms with van der Waals surface area (Å²) >= 11 is 5.77. The van der Waals surface area contributed by atoms with Gasteiger partial charge in [0.25, 0.3) is 5.91 Å². The molecule has 2 rings (SSSR count). The van der Waals surface area contributed by atoms with E-state index in [4.69, 9.17) is 21.6 Å². The minimum Gasteiger partial charge on any atom is -0.452 e. The quantitative estimate of drug-likeness (QED) is 0.880. The van der Waals surface area contributed by atoms with E-state index in [-0.39, 0.29) is 5.56 Å². The Labute approximate surface area is 132 Å². The maximum absolute atomic E-state index is 11.7. The number of rotatable bonds is 4. The Bertz CT molecular complexity index is 736. The van der Waals surface area contributed by atoms with Gasteiger partial charge in [0.2, 0.25) is 0 Å². The molecule has 0 aliphatic rings. The van der Waals surface area contributed by atoms with Crippen molar-refractivity contribution in [2.45, 2.75) is 0 Å². The molecule has 0 spiro atoms. The predicted octanol–water partition coefficient (Wildman–Crippen LogP) is 3.01. The van der Waals surface area contributed by atoms with Gasteiger partial charge in [0, 0.05) is 10.7 Å². The van der Waals surface area contributed by atoms with Crippen molar-refractivity contribution in [1.29, 1.82) is 5.26 Å². The van der Waals surface area contributed by atoms with Crippen LogP contribution in [0.3, 0.4) is 0 Å². The molecule has 1 N–H and O–H groups in total. The molecule has 22 heavy (non-hydrogen) atoms. The molecule has 0 aliphatic heterocycles. The molecule has 0 aromatic heterocycles. The highest BCUT2D eigenvalue weighted by Gasteiger charge is 2.10. The Morgan fingerprint density at radius 1 is 1.18 bits per heavy atom. The van der Waals surface area contributed by atoms with Gasteiger partial charge >= 0.3 is 5.97 Å². The second-order valence-electron chi connectivity index (χ2n) is 4.32. The van der Waals surface area contributed by atoms with Crippen molar-refractivity contribution in [2.24, 2.45) is 0 Å². The van der Waals surface area contributed by atoms with E-state index in [1.807, 2.05) is 6.07 Å². The number of hydrogen-bond donors (Lipinski definition) is 1. The summed E-state index contributed by atoms with van der Waals surface area (Å²) in [6.45, 7) is -0.411. The molecule has 110 valence electrons. The molecule has 0 bridgehead atoms. The molecular formula is C16H11ClN2O3. The average molecular weight is 315 g/mol. The lowest BCUT2D eigenvalue weighted by Crippen LogP contribution is -2.20. The third-order valence-corrected chi connectivity index (χ3v) is 2.93. The first-order chi connectivity index (χ1) is 10.6. The Morgan fingerprint density at radius 3 is 2.55 bits per heavy atom. The highest BCUT2D eigenvalue weighted by atomic mass is 35.5. The summed E-state index contributed by atoms with van der Waals surface area (Å²) in [5.41, 5.74) is 1.28. The topological polar surface area (TPSA) is 79.2 Å². The summed E-state index contributed by atoms with van der Waals surface area (Å²) in [5, 5.41) is 11.7. The van der Waals surface area contributed by atoms with Gasteiger partial charge in [-0.3, -0.25) is 4.79 Å². The number of halogens is 1. The lowest BCUT2D eigenvalue weighted by Gasteiger charge is -2.07. The van der Waals surface area contributed by atoms with Crippen LogP contribution < -0.4 is 5.32 Å². The summed E-state index contributed by atoms with van der Waals surface area (Å²) in [4.78, 5) is 23.4. The third kappa shape index (κ3) is 4.33. The van der Waals surface area contributed by atoms with Gasteiger partial charge in [0.1, 0.15) is 0 Å². The van der Waals surface area contributed by atoms with Crippen molar-refractivity contribution in [1.82, 2.24) is 0 Å². The maximum Gasteiger partial charge on any atom is 0.338 e. The van der Waals surface area contributed by atoms with Gasteiger partial charge in [-0.2, -0.15) is 5.26 Å². The number of esters is 1. The number of nitriles is 1. The van der Waals surface area contributed by atoms with Crippen LogP contribution in [-0.2, 0) is 9.53 Å². The van der Waals surface area contributed by atoms with Crippen molar-refractivity contribution in [3.05, 3.63) is 64.7 Å². The molecule has 0 aliphatic carbocycles. The first-order valence-corrected chi connectivity index (χ1v) is 6.69. The normalized spacial score (nSPS) is 9.64. The SMILES string of the molecule is N#Cc1ccc(NC(=O)COC(=O)c2cccc(Cl)c2)cc1. The number of anilines is 1. The fourth-order valence-corrected chi connectivity index (χ4v) is 1.85. The Kier molecular flexibility index (Phi) is 5.12. The number of hydrogen-bond acceptors (Lipinski definition) is 4. The minimum atomic E-state index is -0.627. The van der Waals surface area contributed by atoms with Gasteiger partial charge in [-0.1, -0.05) is 17.7 Å². The Balaban J connectivity index is 1.87. The number of amides is 1. The van der Waals surface area contributed by atoms with E-state index < -0.39 is 18.5 Å². The first-order valence-electron chi connectivity index (χ1n) is 6.31.